The molecular weight excluding hydrogens is 332 g/mol. The second-order valence-corrected chi connectivity index (χ2v) is 7.00. The Hall–Kier alpha value is -2.66. The Morgan fingerprint density at radius 3 is 2.76 bits per heavy atom. The SMILES string of the molecule is Cc1nc(-c2ccccc2)sc1C(=O)N[C@@H]1CCOc2ccccc21. The summed E-state index contributed by atoms with van der Waals surface area (Å²) in [6, 6.07) is 17.8. The molecule has 0 unspecified atom stereocenters. The van der Waals surface area contributed by atoms with Gasteiger partial charge in [-0.25, -0.2) is 4.98 Å². The van der Waals surface area contributed by atoms with E-state index >= 15 is 0 Å². The fraction of sp³-hybridized carbons (Fsp3) is 0.200. The van der Waals surface area contributed by atoms with Crippen molar-refractivity contribution in [3.8, 4) is 16.3 Å². The smallest absolute Gasteiger partial charge is 0.263 e. The third-order valence-corrected chi connectivity index (χ3v) is 5.49. The number of carbonyl (C=O) groups is 1. The van der Waals surface area contributed by atoms with E-state index in [4.69, 9.17) is 4.74 Å². The van der Waals surface area contributed by atoms with Crippen LogP contribution in [0.5, 0.6) is 5.75 Å². The van der Waals surface area contributed by atoms with Crippen LogP contribution in [0, 0.1) is 6.92 Å². The molecule has 4 nitrogen and oxygen atoms in total. The molecule has 2 heterocycles. The lowest BCUT2D eigenvalue weighted by Crippen LogP contribution is -2.32. The number of benzene rings is 2. The van der Waals surface area contributed by atoms with Gasteiger partial charge in [0.05, 0.1) is 18.3 Å². The quantitative estimate of drug-likeness (QED) is 0.763. The average molecular weight is 350 g/mol. The molecule has 1 amide bonds. The lowest BCUT2D eigenvalue weighted by molar-refractivity contribution is 0.0928. The minimum absolute atomic E-state index is 0.0286. The van der Waals surface area contributed by atoms with Gasteiger partial charge in [-0.2, -0.15) is 0 Å². The van der Waals surface area contributed by atoms with Crippen LogP contribution in [0.1, 0.15) is 33.4 Å². The van der Waals surface area contributed by atoms with Crippen LogP contribution in [-0.2, 0) is 0 Å². The van der Waals surface area contributed by atoms with Gasteiger partial charge in [0.25, 0.3) is 5.91 Å². The number of ether oxygens (including phenoxy) is 1. The second-order valence-electron chi connectivity index (χ2n) is 6.00. The molecule has 0 bridgehead atoms. The molecule has 126 valence electrons. The van der Waals surface area contributed by atoms with Crippen LogP contribution in [0.4, 0.5) is 0 Å². The fourth-order valence-corrected chi connectivity index (χ4v) is 4.00. The largest absolute Gasteiger partial charge is 0.493 e. The number of hydrogen-bond acceptors (Lipinski definition) is 4. The molecule has 0 radical (unpaired) electrons. The number of aryl methyl sites for hydroxylation is 1. The summed E-state index contributed by atoms with van der Waals surface area (Å²) in [6.07, 6.45) is 0.770. The van der Waals surface area contributed by atoms with E-state index in [0.717, 1.165) is 34.0 Å². The highest BCUT2D eigenvalue weighted by Gasteiger charge is 2.25. The van der Waals surface area contributed by atoms with Gasteiger partial charge in [-0.15, -0.1) is 11.3 Å². The van der Waals surface area contributed by atoms with Crippen molar-refractivity contribution in [2.75, 3.05) is 6.61 Å². The number of carbonyl (C=O) groups excluding carboxylic acids is 1. The van der Waals surface area contributed by atoms with Crippen LogP contribution in [0.25, 0.3) is 10.6 Å². The number of nitrogens with one attached hydrogen (secondary N) is 1. The molecule has 1 aromatic heterocycles. The minimum atomic E-state index is -0.0705. The van der Waals surface area contributed by atoms with Crippen LogP contribution in [0.2, 0.25) is 0 Å². The van der Waals surface area contributed by atoms with Crippen LogP contribution < -0.4 is 10.1 Å². The highest BCUT2D eigenvalue weighted by Crippen LogP contribution is 2.33. The van der Waals surface area contributed by atoms with Gasteiger partial charge in [0.15, 0.2) is 0 Å². The van der Waals surface area contributed by atoms with Crippen molar-refractivity contribution in [2.24, 2.45) is 0 Å². The zero-order chi connectivity index (χ0) is 17.2. The molecule has 1 N–H and O–H groups in total. The van der Waals surface area contributed by atoms with Crippen molar-refractivity contribution in [2.45, 2.75) is 19.4 Å². The third-order valence-electron chi connectivity index (χ3n) is 4.29. The molecule has 2 aromatic carbocycles. The fourth-order valence-electron chi connectivity index (χ4n) is 3.03. The lowest BCUT2D eigenvalue weighted by Gasteiger charge is -2.26. The number of amides is 1. The van der Waals surface area contributed by atoms with Crippen LogP contribution in [0.15, 0.2) is 54.6 Å². The Kier molecular flexibility index (Phi) is 4.24. The number of nitrogens with zero attached hydrogens (tertiary/aromatic N) is 1. The van der Waals surface area contributed by atoms with Crippen molar-refractivity contribution in [1.29, 1.82) is 0 Å². The highest BCUT2D eigenvalue weighted by atomic mass is 32.1. The van der Waals surface area contributed by atoms with E-state index in [9.17, 15) is 4.79 Å². The molecular formula is C20H18N2O2S. The summed E-state index contributed by atoms with van der Waals surface area (Å²) >= 11 is 1.44. The molecule has 1 aliphatic heterocycles. The minimum Gasteiger partial charge on any atom is -0.493 e. The normalized spacial score (nSPS) is 16.0. The first-order chi connectivity index (χ1) is 12.2. The number of fused-ring (bicyclic) bond motifs is 1. The molecule has 0 fully saturated rings. The summed E-state index contributed by atoms with van der Waals surface area (Å²) in [4.78, 5) is 18.0. The molecule has 0 aliphatic carbocycles. The van der Waals surface area contributed by atoms with Crippen molar-refractivity contribution in [3.05, 3.63) is 70.7 Å². The number of hydrogen-bond donors (Lipinski definition) is 1. The van der Waals surface area contributed by atoms with E-state index in [1.54, 1.807) is 0 Å². The van der Waals surface area contributed by atoms with Gasteiger partial charge in [-0.3, -0.25) is 4.79 Å². The summed E-state index contributed by atoms with van der Waals surface area (Å²) < 4.78 is 5.67. The van der Waals surface area contributed by atoms with Crippen molar-refractivity contribution < 1.29 is 9.53 Å². The maximum Gasteiger partial charge on any atom is 0.263 e. The standard InChI is InChI=1S/C20H18N2O2S/c1-13-18(25-20(21-13)14-7-3-2-4-8-14)19(23)22-16-11-12-24-17-10-6-5-9-15(16)17/h2-10,16H,11-12H2,1H3,(H,22,23)/t16-/m1/s1. The van der Waals surface area contributed by atoms with Gasteiger partial charge in [0.1, 0.15) is 15.6 Å². The first-order valence-corrected chi connectivity index (χ1v) is 9.09. The Labute approximate surface area is 150 Å². The van der Waals surface area contributed by atoms with E-state index < -0.39 is 0 Å². The summed E-state index contributed by atoms with van der Waals surface area (Å²) in [7, 11) is 0. The molecule has 1 aliphatic rings. The summed E-state index contributed by atoms with van der Waals surface area (Å²) in [6.45, 7) is 2.49. The van der Waals surface area contributed by atoms with E-state index in [-0.39, 0.29) is 11.9 Å². The Balaban J connectivity index is 1.58. The van der Waals surface area contributed by atoms with Gasteiger partial charge in [0, 0.05) is 17.5 Å². The van der Waals surface area contributed by atoms with Crippen molar-refractivity contribution in [1.82, 2.24) is 10.3 Å². The van der Waals surface area contributed by atoms with Crippen LogP contribution >= 0.6 is 11.3 Å². The summed E-state index contributed by atoms with van der Waals surface area (Å²) in [5.41, 5.74) is 2.83. The number of thiazole rings is 1. The number of rotatable bonds is 3. The van der Waals surface area contributed by atoms with Gasteiger partial charge in [-0.1, -0.05) is 48.5 Å². The number of para-hydroxylation sites is 1. The van der Waals surface area contributed by atoms with Gasteiger partial charge in [-0.05, 0) is 13.0 Å². The van der Waals surface area contributed by atoms with Gasteiger partial charge in [0.2, 0.25) is 0 Å². The molecule has 25 heavy (non-hydrogen) atoms. The molecule has 3 aromatic rings. The molecule has 4 rings (SSSR count). The predicted molar refractivity (Wildman–Crippen MR) is 99.0 cm³/mol. The topological polar surface area (TPSA) is 51.2 Å². The van der Waals surface area contributed by atoms with E-state index in [0.29, 0.717) is 11.5 Å². The lowest BCUT2D eigenvalue weighted by atomic mass is 10.0. The Bertz CT molecular complexity index is 905. The zero-order valence-electron chi connectivity index (χ0n) is 13.9. The summed E-state index contributed by atoms with van der Waals surface area (Å²) in [5, 5.41) is 4.02. The molecule has 5 heteroatoms. The van der Waals surface area contributed by atoms with Gasteiger partial charge >= 0.3 is 0 Å². The second kappa shape index (κ2) is 6.69. The van der Waals surface area contributed by atoms with Crippen molar-refractivity contribution in [3.63, 3.8) is 0 Å². The molecule has 0 spiro atoms. The van der Waals surface area contributed by atoms with E-state index in [1.165, 1.54) is 11.3 Å². The van der Waals surface area contributed by atoms with E-state index in [2.05, 4.69) is 10.3 Å². The molecule has 0 saturated heterocycles. The zero-order valence-corrected chi connectivity index (χ0v) is 14.7. The predicted octanol–water partition coefficient (Wildman–Crippen LogP) is 4.37. The monoisotopic (exact) mass is 350 g/mol. The average Bonchev–Trinajstić information content (AvgIpc) is 3.05. The third kappa shape index (κ3) is 3.15. The number of aromatic nitrogens is 1. The Morgan fingerprint density at radius 1 is 1.16 bits per heavy atom. The van der Waals surface area contributed by atoms with Crippen LogP contribution in [-0.4, -0.2) is 17.5 Å². The van der Waals surface area contributed by atoms with Crippen molar-refractivity contribution >= 4 is 17.2 Å². The Morgan fingerprint density at radius 2 is 1.92 bits per heavy atom. The first-order valence-electron chi connectivity index (χ1n) is 8.28. The van der Waals surface area contributed by atoms with E-state index in [1.807, 2.05) is 61.5 Å². The maximum atomic E-state index is 12.8. The molecule has 1 atom stereocenters. The van der Waals surface area contributed by atoms with Gasteiger partial charge < -0.3 is 10.1 Å². The van der Waals surface area contributed by atoms with Crippen LogP contribution in [0.3, 0.4) is 0 Å². The first kappa shape index (κ1) is 15.8. The summed E-state index contributed by atoms with van der Waals surface area (Å²) in [5.74, 6) is 0.781. The highest BCUT2D eigenvalue weighted by molar-refractivity contribution is 7.17. The molecule has 0 saturated carbocycles. The maximum absolute atomic E-state index is 12.8.